The number of nitrogens with zero attached hydrogens (tertiary/aromatic N) is 1. The van der Waals surface area contributed by atoms with Crippen LogP contribution in [0.2, 0.25) is 0 Å². The number of aromatic nitrogens is 2. The van der Waals surface area contributed by atoms with Gasteiger partial charge in [0, 0.05) is 28.8 Å². The Hall–Kier alpha value is -2.88. The molecule has 3 aromatic rings. The quantitative estimate of drug-likeness (QED) is 0.564. The molecule has 1 aromatic heterocycles. The van der Waals surface area contributed by atoms with Crippen LogP contribution in [0.3, 0.4) is 0 Å². The molecule has 0 bridgehead atoms. The number of carbonyl (C=O) groups excluding carboxylic acids is 1. The standard InChI is InChI=1S/C17H13N3O/c21-10-18-13-7-5-11(6-8-13)16-15-9-12-3-1-2-4-14(12)17(15)20-19-16/h1-8,10H,9H2,(H,18,21)(H,19,20). The van der Waals surface area contributed by atoms with Crippen LogP contribution in [0.15, 0.2) is 48.5 Å². The molecule has 0 radical (unpaired) electrons. The molecular weight excluding hydrogens is 262 g/mol. The van der Waals surface area contributed by atoms with Crippen molar-refractivity contribution in [3.8, 4) is 22.5 Å². The minimum atomic E-state index is 0.678. The summed E-state index contributed by atoms with van der Waals surface area (Å²) in [4.78, 5) is 10.4. The normalized spacial score (nSPS) is 11.8. The van der Waals surface area contributed by atoms with Gasteiger partial charge in [-0.05, 0) is 17.7 Å². The number of hydrogen-bond donors (Lipinski definition) is 2. The largest absolute Gasteiger partial charge is 0.329 e. The van der Waals surface area contributed by atoms with Crippen molar-refractivity contribution in [1.29, 1.82) is 0 Å². The molecule has 0 fully saturated rings. The van der Waals surface area contributed by atoms with Gasteiger partial charge in [0.05, 0.1) is 11.4 Å². The van der Waals surface area contributed by atoms with E-state index in [-0.39, 0.29) is 0 Å². The number of benzene rings is 2. The number of nitrogens with one attached hydrogen (secondary N) is 2. The van der Waals surface area contributed by atoms with Crippen LogP contribution in [-0.2, 0) is 11.2 Å². The summed E-state index contributed by atoms with van der Waals surface area (Å²) in [6.45, 7) is 0. The highest BCUT2D eigenvalue weighted by atomic mass is 16.1. The van der Waals surface area contributed by atoms with Crippen LogP contribution in [0.4, 0.5) is 5.69 Å². The lowest BCUT2D eigenvalue weighted by Crippen LogP contribution is -1.93. The Morgan fingerprint density at radius 3 is 2.71 bits per heavy atom. The summed E-state index contributed by atoms with van der Waals surface area (Å²) in [7, 11) is 0. The highest BCUT2D eigenvalue weighted by Crippen LogP contribution is 2.39. The van der Waals surface area contributed by atoms with Gasteiger partial charge in [0.2, 0.25) is 6.41 Å². The molecule has 0 aliphatic heterocycles. The third kappa shape index (κ3) is 1.84. The SMILES string of the molecule is O=CNc1ccc(-c2n[nH]c3c2Cc2ccccc2-3)cc1. The van der Waals surface area contributed by atoms with E-state index in [0.717, 1.165) is 29.1 Å². The van der Waals surface area contributed by atoms with E-state index in [9.17, 15) is 4.79 Å². The van der Waals surface area contributed by atoms with Gasteiger partial charge in [0.1, 0.15) is 0 Å². The third-order valence-electron chi connectivity index (χ3n) is 3.90. The van der Waals surface area contributed by atoms with Crippen molar-refractivity contribution in [2.75, 3.05) is 5.32 Å². The number of carbonyl (C=O) groups is 1. The number of aromatic amines is 1. The maximum atomic E-state index is 10.4. The topological polar surface area (TPSA) is 57.8 Å². The van der Waals surface area contributed by atoms with E-state index in [1.165, 1.54) is 16.7 Å². The molecule has 0 atom stereocenters. The van der Waals surface area contributed by atoms with Gasteiger partial charge >= 0.3 is 0 Å². The fourth-order valence-electron chi connectivity index (χ4n) is 2.90. The Kier molecular flexibility index (Phi) is 2.60. The van der Waals surface area contributed by atoms with Gasteiger partial charge in [0.25, 0.3) is 0 Å². The van der Waals surface area contributed by atoms with Gasteiger partial charge in [-0.3, -0.25) is 9.89 Å². The molecule has 4 rings (SSSR count). The predicted octanol–water partition coefficient (Wildman–Crippen LogP) is 3.22. The van der Waals surface area contributed by atoms with Crippen molar-refractivity contribution in [2.24, 2.45) is 0 Å². The molecule has 1 amide bonds. The molecule has 21 heavy (non-hydrogen) atoms. The molecule has 4 heteroatoms. The molecule has 0 unspecified atom stereocenters. The Labute approximate surface area is 121 Å². The maximum absolute atomic E-state index is 10.4. The van der Waals surface area contributed by atoms with E-state index in [2.05, 4.69) is 33.7 Å². The fourth-order valence-corrected chi connectivity index (χ4v) is 2.90. The maximum Gasteiger partial charge on any atom is 0.211 e. The van der Waals surface area contributed by atoms with Crippen molar-refractivity contribution in [1.82, 2.24) is 10.2 Å². The Balaban J connectivity index is 1.75. The van der Waals surface area contributed by atoms with E-state index >= 15 is 0 Å². The first-order valence-electron chi connectivity index (χ1n) is 6.83. The number of hydrogen-bond acceptors (Lipinski definition) is 2. The van der Waals surface area contributed by atoms with E-state index in [1.54, 1.807) is 0 Å². The molecule has 102 valence electrons. The highest BCUT2D eigenvalue weighted by Gasteiger charge is 2.24. The summed E-state index contributed by atoms with van der Waals surface area (Å²) in [6, 6.07) is 16.1. The lowest BCUT2D eigenvalue weighted by Gasteiger charge is -2.02. The predicted molar refractivity (Wildman–Crippen MR) is 82.0 cm³/mol. The monoisotopic (exact) mass is 275 g/mol. The van der Waals surface area contributed by atoms with Crippen molar-refractivity contribution < 1.29 is 4.79 Å². The average Bonchev–Trinajstić information content (AvgIpc) is 3.07. The first kappa shape index (κ1) is 11.9. The molecule has 0 spiro atoms. The van der Waals surface area contributed by atoms with Crippen LogP contribution in [0, 0.1) is 0 Å². The van der Waals surface area contributed by atoms with E-state index < -0.39 is 0 Å². The Morgan fingerprint density at radius 1 is 1.10 bits per heavy atom. The number of fused-ring (bicyclic) bond motifs is 3. The van der Waals surface area contributed by atoms with Crippen LogP contribution in [-0.4, -0.2) is 16.6 Å². The first-order valence-corrected chi connectivity index (χ1v) is 6.83. The second-order valence-electron chi connectivity index (χ2n) is 5.10. The molecule has 0 saturated carbocycles. The van der Waals surface area contributed by atoms with Crippen molar-refractivity contribution in [3.63, 3.8) is 0 Å². The van der Waals surface area contributed by atoms with Gasteiger partial charge < -0.3 is 5.32 Å². The Morgan fingerprint density at radius 2 is 1.90 bits per heavy atom. The van der Waals surface area contributed by atoms with E-state index in [0.29, 0.717) is 6.41 Å². The van der Waals surface area contributed by atoms with Crippen LogP contribution in [0.1, 0.15) is 11.1 Å². The number of amides is 1. The lowest BCUT2D eigenvalue weighted by molar-refractivity contribution is -0.105. The zero-order valence-electron chi connectivity index (χ0n) is 11.3. The zero-order chi connectivity index (χ0) is 14.2. The molecule has 1 aliphatic carbocycles. The van der Waals surface area contributed by atoms with E-state index in [4.69, 9.17) is 0 Å². The van der Waals surface area contributed by atoms with Crippen LogP contribution in [0.25, 0.3) is 22.5 Å². The number of H-pyrrole nitrogens is 1. The van der Waals surface area contributed by atoms with Crippen molar-refractivity contribution in [2.45, 2.75) is 6.42 Å². The molecule has 2 aromatic carbocycles. The van der Waals surface area contributed by atoms with Crippen molar-refractivity contribution in [3.05, 3.63) is 59.7 Å². The minimum absolute atomic E-state index is 0.678. The van der Waals surface area contributed by atoms with Gasteiger partial charge in [-0.2, -0.15) is 5.10 Å². The van der Waals surface area contributed by atoms with Crippen LogP contribution >= 0.6 is 0 Å². The third-order valence-corrected chi connectivity index (χ3v) is 3.90. The van der Waals surface area contributed by atoms with Gasteiger partial charge in [-0.1, -0.05) is 36.4 Å². The lowest BCUT2D eigenvalue weighted by atomic mass is 10.1. The van der Waals surface area contributed by atoms with Gasteiger partial charge in [-0.15, -0.1) is 0 Å². The Bertz CT molecular complexity index is 818. The summed E-state index contributed by atoms with van der Waals surface area (Å²) in [5.41, 5.74) is 7.76. The average molecular weight is 275 g/mol. The molecular formula is C17H13N3O. The van der Waals surface area contributed by atoms with Crippen molar-refractivity contribution >= 4 is 12.1 Å². The minimum Gasteiger partial charge on any atom is -0.329 e. The second kappa shape index (κ2) is 4.59. The molecule has 1 heterocycles. The zero-order valence-corrected chi connectivity index (χ0v) is 11.3. The summed E-state index contributed by atoms with van der Waals surface area (Å²) >= 11 is 0. The smallest absolute Gasteiger partial charge is 0.211 e. The molecule has 0 saturated heterocycles. The van der Waals surface area contributed by atoms with E-state index in [1.807, 2.05) is 30.3 Å². The molecule has 4 nitrogen and oxygen atoms in total. The fraction of sp³-hybridized carbons (Fsp3) is 0.0588. The van der Waals surface area contributed by atoms with Crippen LogP contribution < -0.4 is 5.32 Å². The molecule has 2 N–H and O–H groups in total. The summed E-state index contributed by atoms with van der Waals surface area (Å²) in [5.74, 6) is 0. The number of anilines is 1. The number of rotatable bonds is 3. The summed E-state index contributed by atoms with van der Waals surface area (Å²) in [6.07, 6.45) is 1.59. The van der Waals surface area contributed by atoms with Gasteiger partial charge in [0.15, 0.2) is 0 Å². The summed E-state index contributed by atoms with van der Waals surface area (Å²) < 4.78 is 0. The first-order chi connectivity index (χ1) is 10.4. The van der Waals surface area contributed by atoms with Gasteiger partial charge in [-0.25, -0.2) is 0 Å². The van der Waals surface area contributed by atoms with Crippen LogP contribution in [0.5, 0.6) is 0 Å². The highest BCUT2D eigenvalue weighted by molar-refractivity contribution is 5.81. The summed E-state index contributed by atoms with van der Waals surface area (Å²) in [5, 5.41) is 10.3. The molecule has 1 aliphatic rings. The second-order valence-corrected chi connectivity index (χ2v) is 5.10.